The number of hydrogen-bond donors (Lipinski definition) is 1. The van der Waals surface area contributed by atoms with E-state index >= 15 is 0 Å². The van der Waals surface area contributed by atoms with Crippen molar-refractivity contribution in [1.29, 1.82) is 0 Å². The smallest absolute Gasteiger partial charge is 0.416 e. The number of rotatable bonds is 5. The third-order valence-electron chi connectivity index (χ3n) is 7.04. The van der Waals surface area contributed by atoms with E-state index in [4.69, 9.17) is 4.74 Å². The van der Waals surface area contributed by atoms with E-state index < -0.39 is 40.6 Å². The topological polar surface area (TPSA) is 79.5 Å². The van der Waals surface area contributed by atoms with Crippen molar-refractivity contribution in [2.24, 2.45) is 5.92 Å². The maximum absolute atomic E-state index is 14.0. The molecule has 6 nitrogen and oxygen atoms in total. The van der Waals surface area contributed by atoms with E-state index in [2.05, 4.69) is 20.9 Å². The van der Waals surface area contributed by atoms with E-state index in [1.165, 1.54) is 12.1 Å². The van der Waals surface area contributed by atoms with Gasteiger partial charge >= 0.3 is 11.0 Å². The first kappa shape index (κ1) is 27.8. The minimum Gasteiger partial charge on any atom is -0.489 e. The standard InChI is InChI=1S/C29H20BrF3N2O4S2/c1-14-4-2-5-15(10-14)13-39-20-9-8-17(30)12-19(20)21-22-24(40-25-23(21)41-28(38)34-25)27(37)35(26(22)36)18-7-3-6-16(11-18)29(31,32)33/h2-12,21-22,24H,13H2,1H3,(H,34,38)/t21-,22?,24?/m1/s1. The van der Waals surface area contributed by atoms with Gasteiger partial charge in [0.1, 0.15) is 17.6 Å². The van der Waals surface area contributed by atoms with Crippen molar-refractivity contribution in [1.82, 2.24) is 4.98 Å². The molecule has 0 saturated carbocycles. The van der Waals surface area contributed by atoms with Gasteiger partial charge in [-0.15, -0.1) is 0 Å². The van der Waals surface area contributed by atoms with Crippen molar-refractivity contribution >= 4 is 56.5 Å². The number of alkyl halides is 3. The number of aryl methyl sites for hydroxylation is 1. The Hall–Kier alpha value is -3.35. The van der Waals surface area contributed by atoms with Crippen LogP contribution in [0.5, 0.6) is 5.75 Å². The van der Waals surface area contributed by atoms with Gasteiger partial charge in [0.05, 0.1) is 22.2 Å². The number of aromatic nitrogens is 1. The highest BCUT2D eigenvalue weighted by Gasteiger charge is 2.57. The summed E-state index contributed by atoms with van der Waals surface area (Å²) in [5.41, 5.74) is 1.49. The average molecular weight is 662 g/mol. The van der Waals surface area contributed by atoms with Crippen LogP contribution in [-0.2, 0) is 22.4 Å². The predicted molar refractivity (Wildman–Crippen MR) is 154 cm³/mol. The van der Waals surface area contributed by atoms with Crippen LogP contribution in [0.1, 0.15) is 33.0 Å². The third-order valence-corrected chi connectivity index (χ3v) is 9.93. The van der Waals surface area contributed by atoms with E-state index in [0.717, 1.165) is 51.3 Å². The molecule has 41 heavy (non-hydrogen) atoms. The van der Waals surface area contributed by atoms with Crippen molar-refractivity contribution in [3.05, 3.63) is 108 Å². The zero-order valence-corrected chi connectivity index (χ0v) is 24.4. The molecule has 1 saturated heterocycles. The molecule has 2 amide bonds. The summed E-state index contributed by atoms with van der Waals surface area (Å²) in [4.78, 5) is 44.0. The summed E-state index contributed by atoms with van der Waals surface area (Å²) in [6.07, 6.45) is -4.64. The van der Waals surface area contributed by atoms with Crippen LogP contribution >= 0.6 is 39.0 Å². The van der Waals surface area contributed by atoms with Crippen LogP contribution in [0.3, 0.4) is 0 Å². The average Bonchev–Trinajstić information content (AvgIpc) is 3.41. The second-order valence-corrected chi connectivity index (χ2v) is 12.9. The number of anilines is 1. The molecule has 2 unspecified atom stereocenters. The maximum Gasteiger partial charge on any atom is 0.416 e. The van der Waals surface area contributed by atoms with Crippen LogP contribution < -0.4 is 14.5 Å². The normalized spacial score (nSPS) is 20.2. The number of hydrogen-bond acceptors (Lipinski definition) is 6. The van der Waals surface area contributed by atoms with Gasteiger partial charge < -0.3 is 9.72 Å². The molecule has 3 heterocycles. The molecular formula is C29H20BrF3N2O4S2. The van der Waals surface area contributed by atoms with Gasteiger partial charge in [0, 0.05) is 20.8 Å². The molecule has 0 radical (unpaired) electrons. The third kappa shape index (κ3) is 5.13. The van der Waals surface area contributed by atoms with Gasteiger partial charge in [0.15, 0.2) is 0 Å². The summed E-state index contributed by atoms with van der Waals surface area (Å²) in [5.74, 6) is -2.53. The molecule has 0 aliphatic carbocycles. The Morgan fingerprint density at radius 1 is 1.00 bits per heavy atom. The van der Waals surface area contributed by atoms with E-state index in [9.17, 15) is 27.6 Å². The summed E-state index contributed by atoms with van der Waals surface area (Å²) >= 11 is 5.49. The minimum atomic E-state index is -4.64. The molecular weight excluding hydrogens is 641 g/mol. The number of thiazole rings is 1. The molecule has 0 bridgehead atoms. The van der Waals surface area contributed by atoms with Gasteiger partial charge in [-0.25, -0.2) is 4.90 Å². The highest BCUT2D eigenvalue weighted by Crippen LogP contribution is 2.55. The van der Waals surface area contributed by atoms with Crippen LogP contribution in [0.25, 0.3) is 0 Å². The first-order chi connectivity index (χ1) is 19.5. The molecule has 3 atom stereocenters. The lowest BCUT2D eigenvalue weighted by molar-refractivity contribution is -0.137. The molecule has 1 fully saturated rings. The number of aromatic amines is 1. The van der Waals surface area contributed by atoms with E-state index in [1.807, 2.05) is 31.2 Å². The first-order valence-electron chi connectivity index (χ1n) is 12.4. The first-order valence-corrected chi connectivity index (χ1v) is 14.9. The second kappa shape index (κ2) is 10.5. The van der Waals surface area contributed by atoms with Crippen LogP contribution in [0.15, 0.2) is 81.0 Å². The number of imide groups is 1. The number of thioether (sulfide) groups is 1. The van der Waals surface area contributed by atoms with Crippen LogP contribution in [0, 0.1) is 12.8 Å². The predicted octanol–water partition coefficient (Wildman–Crippen LogP) is 6.90. The summed E-state index contributed by atoms with van der Waals surface area (Å²) in [6, 6.07) is 17.3. The number of ether oxygens (including phenoxy) is 1. The Kier molecular flexibility index (Phi) is 7.11. The number of fused-ring (bicyclic) bond motifs is 2. The Morgan fingerprint density at radius 3 is 2.54 bits per heavy atom. The van der Waals surface area contributed by atoms with E-state index in [0.29, 0.717) is 25.7 Å². The fourth-order valence-corrected chi connectivity index (χ4v) is 8.17. The fourth-order valence-electron chi connectivity index (χ4n) is 5.28. The molecule has 210 valence electrons. The lowest BCUT2D eigenvalue weighted by Gasteiger charge is -2.31. The van der Waals surface area contributed by atoms with Gasteiger partial charge in [0.25, 0.3) is 0 Å². The lowest BCUT2D eigenvalue weighted by Crippen LogP contribution is -2.32. The minimum absolute atomic E-state index is 0.148. The number of carbonyl (C=O) groups is 2. The monoisotopic (exact) mass is 660 g/mol. The molecule has 2 aliphatic rings. The van der Waals surface area contributed by atoms with E-state index in [-0.39, 0.29) is 17.2 Å². The molecule has 1 aromatic heterocycles. The molecule has 6 rings (SSSR count). The zero-order valence-electron chi connectivity index (χ0n) is 21.2. The highest BCUT2D eigenvalue weighted by molar-refractivity contribution is 9.10. The van der Waals surface area contributed by atoms with Gasteiger partial charge in [-0.1, -0.05) is 74.9 Å². The largest absolute Gasteiger partial charge is 0.489 e. The quantitative estimate of drug-likeness (QED) is 0.236. The summed E-state index contributed by atoms with van der Waals surface area (Å²) in [6.45, 7) is 2.22. The van der Waals surface area contributed by atoms with Crippen LogP contribution in [0.2, 0.25) is 0 Å². The van der Waals surface area contributed by atoms with E-state index in [1.54, 1.807) is 18.2 Å². The van der Waals surface area contributed by atoms with Crippen molar-refractivity contribution < 1.29 is 27.5 Å². The van der Waals surface area contributed by atoms with Crippen molar-refractivity contribution in [2.75, 3.05) is 4.90 Å². The van der Waals surface area contributed by atoms with Crippen LogP contribution in [-0.4, -0.2) is 22.0 Å². The maximum atomic E-state index is 14.0. The molecule has 1 N–H and O–H groups in total. The number of amides is 2. The molecule has 0 spiro atoms. The summed E-state index contributed by atoms with van der Waals surface area (Å²) in [7, 11) is 0. The highest BCUT2D eigenvalue weighted by atomic mass is 79.9. The van der Waals surface area contributed by atoms with Gasteiger partial charge in [-0.05, 0) is 48.9 Å². The van der Waals surface area contributed by atoms with Crippen molar-refractivity contribution in [3.63, 3.8) is 0 Å². The number of halogens is 4. The number of nitrogens with zero attached hydrogens (tertiary/aromatic N) is 1. The number of carbonyl (C=O) groups excluding carboxylic acids is 2. The lowest BCUT2D eigenvalue weighted by atomic mass is 9.82. The fraction of sp³-hybridized carbons (Fsp3) is 0.207. The van der Waals surface area contributed by atoms with Crippen molar-refractivity contribution in [2.45, 2.75) is 35.9 Å². The number of H-pyrrole nitrogens is 1. The Morgan fingerprint density at radius 2 is 1.78 bits per heavy atom. The van der Waals surface area contributed by atoms with Gasteiger partial charge in [-0.2, -0.15) is 13.2 Å². The molecule has 4 aromatic rings. The second-order valence-electron chi connectivity index (χ2n) is 9.77. The zero-order chi connectivity index (χ0) is 29.1. The number of benzene rings is 3. The Labute approximate surface area is 248 Å². The number of nitrogens with one attached hydrogen (secondary N) is 1. The Bertz CT molecular complexity index is 1750. The van der Waals surface area contributed by atoms with Crippen molar-refractivity contribution in [3.8, 4) is 5.75 Å². The molecule has 12 heteroatoms. The van der Waals surface area contributed by atoms with Crippen LogP contribution in [0.4, 0.5) is 18.9 Å². The molecule has 2 aliphatic heterocycles. The molecule has 3 aromatic carbocycles. The SMILES string of the molecule is Cc1cccc(COc2ccc(Br)cc2[C@H]2c3sc(=O)[nH]c3SC3C(=O)N(c4cccc(C(F)(F)F)c4)C(=O)C32)c1. The van der Waals surface area contributed by atoms with Gasteiger partial charge in [0.2, 0.25) is 11.8 Å². The summed E-state index contributed by atoms with van der Waals surface area (Å²) < 4.78 is 47.3. The summed E-state index contributed by atoms with van der Waals surface area (Å²) in [5, 5.41) is -0.494. The Balaban J connectivity index is 1.44. The van der Waals surface area contributed by atoms with Gasteiger partial charge in [-0.3, -0.25) is 14.4 Å².